The molecule has 0 aromatic heterocycles. The van der Waals surface area contributed by atoms with Crippen LogP contribution < -0.4 is 0 Å². The van der Waals surface area contributed by atoms with E-state index < -0.39 is 19.2 Å². The Hall–Kier alpha value is -0.485. The van der Waals surface area contributed by atoms with Crippen molar-refractivity contribution in [2.24, 2.45) is 11.8 Å². The Bertz CT molecular complexity index is 232. The third kappa shape index (κ3) is 3.24. The number of hydrogen-bond donors (Lipinski definition) is 2. The van der Waals surface area contributed by atoms with Crippen LogP contribution in [-0.2, 0) is 0 Å². The highest BCUT2D eigenvalue weighted by molar-refractivity contribution is 6.50. The molecule has 0 aromatic rings. The molecule has 1 aliphatic rings. The lowest BCUT2D eigenvalue weighted by atomic mass is 9.66. The zero-order valence-corrected chi connectivity index (χ0v) is 8.30. The summed E-state index contributed by atoms with van der Waals surface area (Å²) in [6.07, 6.45) is -3.34. The predicted molar refractivity (Wildman–Crippen MR) is 50.8 cm³/mol. The normalized spacial score (nSPS) is 27.5. The molecule has 0 aliphatic heterocycles. The molecule has 86 valence electrons. The number of alkyl halides is 3. The van der Waals surface area contributed by atoms with Gasteiger partial charge in [-0.2, -0.15) is 13.2 Å². The van der Waals surface area contributed by atoms with Gasteiger partial charge in [-0.15, -0.1) is 6.58 Å². The van der Waals surface area contributed by atoms with E-state index in [1.807, 2.05) is 0 Å². The maximum Gasteiger partial charge on any atom is 0.483 e. The fourth-order valence-corrected chi connectivity index (χ4v) is 2.00. The van der Waals surface area contributed by atoms with Crippen molar-refractivity contribution in [3.8, 4) is 0 Å². The van der Waals surface area contributed by atoms with Gasteiger partial charge in [0.15, 0.2) is 0 Å². The van der Waals surface area contributed by atoms with Gasteiger partial charge in [-0.25, -0.2) is 0 Å². The van der Waals surface area contributed by atoms with Crippen LogP contribution in [0.5, 0.6) is 0 Å². The minimum Gasteiger partial charge on any atom is -0.423 e. The van der Waals surface area contributed by atoms with Gasteiger partial charge in [0, 0.05) is 0 Å². The summed E-state index contributed by atoms with van der Waals surface area (Å²) in [4.78, 5) is 0. The maximum atomic E-state index is 12.3. The number of rotatable bonds is 2. The summed E-state index contributed by atoms with van der Waals surface area (Å²) in [5, 5.41) is 17.7. The van der Waals surface area contributed by atoms with E-state index in [-0.39, 0.29) is 24.2 Å². The average molecular weight is 222 g/mol. The van der Waals surface area contributed by atoms with Crippen molar-refractivity contribution in [3.63, 3.8) is 0 Å². The van der Waals surface area contributed by atoms with Gasteiger partial charge in [0.1, 0.15) is 0 Å². The first-order valence-electron chi connectivity index (χ1n) is 4.94. The molecule has 15 heavy (non-hydrogen) atoms. The summed E-state index contributed by atoms with van der Waals surface area (Å²) in [5.74, 6) is -1.43. The predicted octanol–water partition coefficient (Wildman–Crippen LogP) is 1.92. The van der Waals surface area contributed by atoms with Crippen LogP contribution in [0.3, 0.4) is 0 Å². The quantitative estimate of drug-likeness (QED) is 0.700. The SMILES string of the molecule is C=C(B(O)O)C1CCC(C(F)(F)F)CC1. The molecule has 0 aromatic carbocycles. The standard InChI is InChI=1S/C9H14BF3O2/c1-6(10(14)15)7-2-4-8(5-3-7)9(11,12)13/h7-8,14-15H,1-5H2. The van der Waals surface area contributed by atoms with Crippen LogP contribution in [0.4, 0.5) is 13.2 Å². The van der Waals surface area contributed by atoms with Gasteiger partial charge in [0.05, 0.1) is 5.92 Å². The largest absolute Gasteiger partial charge is 0.483 e. The Labute approximate surface area is 86.9 Å². The molecule has 1 fully saturated rings. The first-order valence-corrected chi connectivity index (χ1v) is 4.94. The topological polar surface area (TPSA) is 40.5 Å². The van der Waals surface area contributed by atoms with E-state index in [1.165, 1.54) is 0 Å². The molecule has 1 saturated carbocycles. The Morgan fingerprint density at radius 2 is 1.60 bits per heavy atom. The lowest BCUT2D eigenvalue weighted by molar-refractivity contribution is -0.183. The van der Waals surface area contributed by atoms with Crippen molar-refractivity contribution in [1.82, 2.24) is 0 Å². The zero-order chi connectivity index (χ0) is 11.6. The molecule has 0 radical (unpaired) electrons. The lowest BCUT2D eigenvalue weighted by Gasteiger charge is -2.30. The summed E-state index contributed by atoms with van der Waals surface area (Å²) in [6.45, 7) is 3.48. The van der Waals surface area contributed by atoms with E-state index in [4.69, 9.17) is 10.0 Å². The van der Waals surface area contributed by atoms with Gasteiger partial charge < -0.3 is 10.0 Å². The summed E-state index contributed by atoms with van der Waals surface area (Å²) >= 11 is 0. The first-order chi connectivity index (χ1) is 6.82. The number of allylic oxidation sites excluding steroid dienone is 1. The molecule has 6 heteroatoms. The van der Waals surface area contributed by atoms with Crippen LogP contribution in [0, 0.1) is 11.8 Å². The van der Waals surface area contributed by atoms with E-state index in [1.54, 1.807) is 0 Å². The molecule has 2 N–H and O–H groups in total. The summed E-state index contributed by atoms with van der Waals surface area (Å²) in [5.41, 5.74) is 0.232. The molecule has 1 rings (SSSR count). The fraction of sp³-hybridized carbons (Fsp3) is 0.778. The van der Waals surface area contributed by atoms with E-state index in [0.29, 0.717) is 12.8 Å². The minimum absolute atomic E-state index is 0.0555. The summed E-state index contributed by atoms with van der Waals surface area (Å²) in [6, 6.07) is 0. The van der Waals surface area contributed by atoms with E-state index in [9.17, 15) is 13.2 Å². The molecule has 0 amide bonds. The van der Waals surface area contributed by atoms with Gasteiger partial charge in [-0.05, 0) is 37.1 Å². The second-order valence-corrected chi connectivity index (χ2v) is 4.04. The molecular formula is C9H14BF3O2. The van der Waals surface area contributed by atoms with E-state index in [2.05, 4.69) is 6.58 Å². The van der Waals surface area contributed by atoms with Crippen LogP contribution in [0.2, 0.25) is 0 Å². The van der Waals surface area contributed by atoms with Crippen LogP contribution >= 0.6 is 0 Å². The van der Waals surface area contributed by atoms with Crippen molar-refractivity contribution >= 4 is 7.12 Å². The molecular weight excluding hydrogens is 208 g/mol. The Balaban J connectivity index is 2.46. The van der Waals surface area contributed by atoms with Gasteiger partial charge in [0.25, 0.3) is 0 Å². The summed E-state index contributed by atoms with van der Waals surface area (Å²) < 4.78 is 36.9. The Morgan fingerprint density at radius 3 is 1.93 bits per heavy atom. The molecule has 0 saturated heterocycles. The summed E-state index contributed by atoms with van der Waals surface area (Å²) in [7, 11) is -1.61. The third-order valence-corrected chi connectivity index (χ3v) is 3.05. The van der Waals surface area contributed by atoms with Gasteiger partial charge in [0.2, 0.25) is 0 Å². The molecule has 0 bridgehead atoms. The molecule has 0 atom stereocenters. The highest BCUT2D eigenvalue weighted by Crippen LogP contribution is 2.41. The molecule has 1 aliphatic carbocycles. The molecule has 0 unspecified atom stereocenters. The van der Waals surface area contributed by atoms with Crippen LogP contribution in [0.15, 0.2) is 12.1 Å². The highest BCUT2D eigenvalue weighted by atomic mass is 19.4. The smallest absolute Gasteiger partial charge is 0.423 e. The van der Waals surface area contributed by atoms with Gasteiger partial charge >= 0.3 is 13.3 Å². The van der Waals surface area contributed by atoms with Crippen molar-refractivity contribution in [2.75, 3.05) is 0 Å². The Kier molecular flexibility index (Phi) is 3.84. The monoisotopic (exact) mass is 222 g/mol. The highest BCUT2D eigenvalue weighted by Gasteiger charge is 2.42. The lowest BCUT2D eigenvalue weighted by Crippen LogP contribution is -2.31. The molecule has 2 nitrogen and oxygen atoms in total. The average Bonchev–Trinajstić information content (AvgIpc) is 2.15. The van der Waals surface area contributed by atoms with Gasteiger partial charge in [-0.3, -0.25) is 0 Å². The van der Waals surface area contributed by atoms with Crippen LogP contribution in [-0.4, -0.2) is 23.3 Å². The van der Waals surface area contributed by atoms with Crippen molar-refractivity contribution in [3.05, 3.63) is 12.1 Å². The van der Waals surface area contributed by atoms with E-state index >= 15 is 0 Å². The third-order valence-electron chi connectivity index (χ3n) is 3.05. The number of hydrogen-bond acceptors (Lipinski definition) is 2. The minimum atomic E-state index is -4.12. The van der Waals surface area contributed by atoms with E-state index in [0.717, 1.165) is 0 Å². The second kappa shape index (κ2) is 4.57. The van der Waals surface area contributed by atoms with Crippen molar-refractivity contribution in [1.29, 1.82) is 0 Å². The Morgan fingerprint density at radius 1 is 1.13 bits per heavy atom. The maximum absolute atomic E-state index is 12.3. The number of halogens is 3. The second-order valence-electron chi connectivity index (χ2n) is 4.04. The zero-order valence-electron chi connectivity index (χ0n) is 8.30. The fourth-order valence-electron chi connectivity index (χ4n) is 2.00. The van der Waals surface area contributed by atoms with Crippen molar-refractivity contribution < 1.29 is 23.2 Å². The molecule has 0 heterocycles. The van der Waals surface area contributed by atoms with Crippen molar-refractivity contribution in [2.45, 2.75) is 31.9 Å². The molecule has 0 spiro atoms. The first kappa shape index (κ1) is 12.6. The van der Waals surface area contributed by atoms with Gasteiger partial charge in [-0.1, -0.05) is 0 Å². The van der Waals surface area contributed by atoms with Crippen LogP contribution in [0.1, 0.15) is 25.7 Å². The van der Waals surface area contributed by atoms with Crippen LogP contribution in [0.25, 0.3) is 0 Å².